The molecule has 0 saturated carbocycles. The summed E-state index contributed by atoms with van der Waals surface area (Å²) in [5, 5.41) is 9.54. The van der Waals surface area contributed by atoms with Crippen LogP contribution in [0, 0.1) is 0 Å². The Kier molecular flexibility index (Phi) is 2.63. The molecule has 2 saturated heterocycles. The molecule has 3 atom stereocenters. The van der Waals surface area contributed by atoms with E-state index in [1.165, 1.54) is 6.42 Å². The van der Waals surface area contributed by atoms with Gasteiger partial charge in [-0.3, -0.25) is 0 Å². The molecule has 0 radical (unpaired) electrons. The number of rotatable bonds is 1. The van der Waals surface area contributed by atoms with Gasteiger partial charge in [0.1, 0.15) is 6.10 Å². The van der Waals surface area contributed by atoms with Crippen LogP contribution in [0.4, 0.5) is 0 Å². The van der Waals surface area contributed by atoms with E-state index in [9.17, 15) is 5.11 Å². The van der Waals surface area contributed by atoms with Gasteiger partial charge in [-0.2, -0.15) is 0 Å². The number of ether oxygens (including phenoxy) is 2. The van der Waals surface area contributed by atoms with Crippen molar-refractivity contribution in [3.05, 3.63) is 0 Å². The Hall–Kier alpha value is -0.120. The Labute approximate surface area is 72.7 Å². The predicted molar refractivity (Wildman–Crippen MR) is 44.0 cm³/mol. The summed E-state index contributed by atoms with van der Waals surface area (Å²) in [5.41, 5.74) is 0. The van der Waals surface area contributed by atoms with E-state index in [-0.39, 0.29) is 18.3 Å². The van der Waals surface area contributed by atoms with Crippen LogP contribution in [-0.2, 0) is 9.47 Å². The molecule has 0 bridgehead atoms. The molecule has 2 heterocycles. The number of aliphatic hydroxyl groups excluding tert-OH is 1. The Balaban J connectivity index is 1.89. The van der Waals surface area contributed by atoms with E-state index in [0.29, 0.717) is 6.61 Å². The van der Waals surface area contributed by atoms with Crippen LogP contribution in [0.3, 0.4) is 0 Å². The average Bonchev–Trinajstić information content (AvgIpc) is 2.53. The van der Waals surface area contributed by atoms with E-state index in [1.807, 2.05) is 0 Å². The summed E-state index contributed by atoms with van der Waals surface area (Å²) in [7, 11) is 0. The summed E-state index contributed by atoms with van der Waals surface area (Å²) < 4.78 is 11.0. The first kappa shape index (κ1) is 8.48. The highest BCUT2D eigenvalue weighted by atomic mass is 16.6. The molecule has 0 amide bonds. The van der Waals surface area contributed by atoms with Crippen molar-refractivity contribution in [2.75, 3.05) is 13.2 Å². The van der Waals surface area contributed by atoms with Crippen molar-refractivity contribution in [1.82, 2.24) is 0 Å². The van der Waals surface area contributed by atoms with Gasteiger partial charge in [0.05, 0.1) is 12.2 Å². The predicted octanol–water partition coefficient (Wildman–Crippen LogP) is 0.705. The summed E-state index contributed by atoms with van der Waals surface area (Å²) in [4.78, 5) is 0. The molecule has 0 aromatic heterocycles. The van der Waals surface area contributed by atoms with Crippen LogP contribution in [-0.4, -0.2) is 36.6 Å². The minimum Gasteiger partial charge on any atom is -0.390 e. The molecular weight excluding hydrogens is 156 g/mol. The maximum Gasteiger partial charge on any atom is 0.109 e. The van der Waals surface area contributed by atoms with E-state index in [0.717, 1.165) is 25.9 Å². The highest BCUT2D eigenvalue weighted by Gasteiger charge is 2.34. The first-order chi connectivity index (χ1) is 5.88. The van der Waals surface area contributed by atoms with Gasteiger partial charge in [0.2, 0.25) is 0 Å². The highest BCUT2D eigenvalue weighted by molar-refractivity contribution is 4.84. The van der Waals surface area contributed by atoms with E-state index in [1.54, 1.807) is 0 Å². The number of hydrogen-bond acceptors (Lipinski definition) is 3. The van der Waals surface area contributed by atoms with Crippen LogP contribution in [0.25, 0.3) is 0 Å². The molecule has 2 rings (SSSR count). The first-order valence-corrected chi connectivity index (χ1v) is 4.79. The molecule has 0 spiro atoms. The normalized spacial score (nSPS) is 43.2. The molecular formula is C9H16O3. The van der Waals surface area contributed by atoms with Crippen LogP contribution >= 0.6 is 0 Å². The van der Waals surface area contributed by atoms with Gasteiger partial charge in [0, 0.05) is 13.2 Å². The second kappa shape index (κ2) is 3.73. The zero-order chi connectivity index (χ0) is 8.39. The third-order valence-electron chi connectivity index (χ3n) is 2.68. The molecule has 0 aromatic rings. The zero-order valence-corrected chi connectivity index (χ0v) is 7.24. The van der Waals surface area contributed by atoms with E-state index in [4.69, 9.17) is 9.47 Å². The maximum atomic E-state index is 9.54. The smallest absolute Gasteiger partial charge is 0.109 e. The summed E-state index contributed by atoms with van der Waals surface area (Å²) in [5.74, 6) is 0. The molecule has 12 heavy (non-hydrogen) atoms. The first-order valence-electron chi connectivity index (χ1n) is 4.79. The summed E-state index contributed by atoms with van der Waals surface area (Å²) in [6.45, 7) is 1.52. The number of aliphatic hydroxyl groups is 1. The SMILES string of the molecule is OC1CCOC1C1CCCCO1. The molecule has 3 nitrogen and oxygen atoms in total. The van der Waals surface area contributed by atoms with Gasteiger partial charge in [0.15, 0.2) is 0 Å². The van der Waals surface area contributed by atoms with Gasteiger partial charge >= 0.3 is 0 Å². The molecule has 0 aromatic carbocycles. The third kappa shape index (κ3) is 1.63. The van der Waals surface area contributed by atoms with Gasteiger partial charge in [0.25, 0.3) is 0 Å². The van der Waals surface area contributed by atoms with Crippen LogP contribution < -0.4 is 0 Å². The topological polar surface area (TPSA) is 38.7 Å². The lowest BCUT2D eigenvalue weighted by Crippen LogP contribution is -2.38. The number of hydrogen-bond donors (Lipinski definition) is 1. The maximum absolute atomic E-state index is 9.54. The van der Waals surface area contributed by atoms with Gasteiger partial charge < -0.3 is 14.6 Å². The van der Waals surface area contributed by atoms with Crippen molar-refractivity contribution in [1.29, 1.82) is 0 Å². The van der Waals surface area contributed by atoms with E-state index >= 15 is 0 Å². The van der Waals surface area contributed by atoms with E-state index < -0.39 is 0 Å². The standard InChI is InChI=1S/C9H16O3/c10-7-4-6-12-9(7)8-3-1-2-5-11-8/h7-10H,1-6H2. The van der Waals surface area contributed by atoms with Crippen LogP contribution in [0.15, 0.2) is 0 Å². The molecule has 3 unspecified atom stereocenters. The van der Waals surface area contributed by atoms with Gasteiger partial charge in [-0.25, -0.2) is 0 Å². The van der Waals surface area contributed by atoms with Crippen molar-refractivity contribution in [3.8, 4) is 0 Å². The van der Waals surface area contributed by atoms with Crippen molar-refractivity contribution in [3.63, 3.8) is 0 Å². The lowest BCUT2D eigenvalue weighted by Gasteiger charge is -2.28. The second-order valence-corrected chi connectivity index (χ2v) is 3.60. The minimum atomic E-state index is -0.298. The monoisotopic (exact) mass is 172 g/mol. The Morgan fingerprint density at radius 1 is 1.00 bits per heavy atom. The molecule has 2 aliphatic heterocycles. The third-order valence-corrected chi connectivity index (χ3v) is 2.68. The Morgan fingerprint density at radius 3 is 2.50 bits per heavy atom. The van der Waals surface area contributed by atoms with Crippen LogP contribution in [0.2, 0.25) is 0 Å². The zero-order valence-electron chi connectivity index (χ0n) is 7.24. The average molecular weight is 172 g/mol. The lowest BCUT2D eigenvalue weighted by atomic mass is 10.0. The minimum absolute atomic E-state index is 0.0506. The van der Waals surface area contributed by atoms with Gasteiger partial charge in [-0.15, -0.1) is 0 Å². The van der Waals surface area contributed by atoms with Gasteiger partial charge in [-0.05, 0) is 25.7 Å². The summed E-state index contributed by atoms with van der Waals surface area (Å²) >= 11 is 0. The molecule has 2 fully saturated rings. The highest BCUT2D eigenvalue weighted by Crippen LogP contribution is 2.24. The largest absolute Gasteiger partial charge is 0.390 e. The molecule has 2 aliphatic rings. The summed E-state index contributed by atoms with van der Waals surface area (Å²) in [6, 6.07) is 0. The van der Waals surface area contributed by atoms with Crippen LogP contribution in [0.5, 0.6) is 0 Å². The van der Waals surface area contributed by atoms with Crippen LogP contribution in [0.1, 0.15) is 25.7 Å². The fourth-order valence-electron chi connectivity index (χ4n) is 1.98. The summed E-state index contributed by atoms with van der Waals surface area (Å²) in [6.07, 6.45) is 3.97. The lowest BCUT2D eigenvalue weighted by molar-refractivity contribution is -0.0971. The Morgan fingerprint density at radius 2 is 1.92 bits per heavy atom. The fraction of sp³-hybridized carbons (Fsp3) is 1.00. The quantitative estimate of drug-likeness (QED) is 0.633. The van der Waals surface area contributed by atoms with Crippen molar-refractivity contribution < 1.29 is 14.6 Å². The Bertz CT molecular complexity index is 143. The molecule has 70 valence electrons. The van der Waals surface area contributed by atoms with Crippen molar-refractivity contribution >= 4 is 0 Å². The van der Waals surface area contributed by atoms with Gasteiger partial charge in [-0.1, -0.05) is 0 Å². The fourth-order valence-corrected chi connectivity index (χ4v) is 1.98. The molecule has 3 heteroatoms. The molecule has 0 aliphatic carbocycles. The van der Waals surface area contributed by atoms with E-state index in [2.05, 4.69) is 0 Å². The van der Waals surface area contributed by atoms with Crippen molar-refractivity contribution in [2.24, 2.45) is 0 Å². The van der Waals surface area contributed by atoms with Crippen molar-refractivity contribution in [2.45, 2.75) is 44.0 Å². The second-order valence-electron chi connectivity index (χ2n) is 3.60. The molecule has 1 N–H and O–H groups in total.